The fraction of sp³-hybridized carbons (Fsp3) is 0.316. The lowest BCUT2D eigenvalue weighted by molar-refractivity contribution is -0.116. The zero-order chi connectivity index (χ0) is 16.8. The maximum atomic E-state index is 12.1. The van der Waals surface area contributed by atoms with Crippen molar-refractivity contribution >= 4 is 17.3 Å². The summed E-state index contributed by atoms with van der Waals surface area (Å²) in [6.07, 6.45) is 0.315. The Balaban J connectivity index is 1.88. The fourth-order valence-corrected chi connectivity index (χ4v) is 2.40. The van der Waals surface area contributed by atoms with Crippen molar-refractivity contribution < 1.29 is 9.53 Å². The minimum Gasteiger partial charge on any atom is -0.493 e. The molecule has 23 heavy (non-hydrogen) atoms. The molecule has 0 saturated carbocycles. The van der Waals surface area contributed by atoms with E-state index in [9.17, 15) is 4.79 Å². The summed E-state index contributed by atoms with van der Waals surface area (Å²) in [7, 11) is 3.91. The minimum atomic E-state index is -0.0518. The number of para-hydroxylation sites is 2. The summed E-state index contributed by atoms with van der Waals surface area (Å²) in [6.45, 7) is 4.42. The van der Waals surface area contributed by atoms with Gasteiger partial charge in [-0.25, -0.2) is 0 Å². The highest BCUT2D eigenvalue weighted by molar-refractivity contribution is 5.94. The summed E-state index contributed by atoms with van der Waals surface area (Å²) in [5, 5.41) is 2.94. The number of amides is 1. The number of carbonyl (C=O) groups excluding carboxylic acids is 1. The van der Waals surface area contributed by atoms with Crippen molar-refractivity contribution in [3.63, 3.8) is 0 Å². The van der Waals surface area contributed by atoms with Crippen LogP contribution < -0.4 is 15.0 Å². The number of anilines is 2. The van der Waals surface area contributed by atoms with Crippen molar-refractivity contribution in [1.82, 2.24) is 0 Å². The number of nitrogens with zero attached hydrogens (tertiary/aromatic N) is 1. The summed E-state index contributed by atoms with van der Waals surface area (Å²) in [5.74, 6) is 0.779. The molecule has 0 spiro atoms. The van der Waals surface area contributed by atoms with Crippen LogP contribution in [0.15, 0.2) is 42.5 Å². The fourth-order valence-electron chi connectivity index (χ4n) is 2.40. The van der Waals surface area contributed by atoms with Gasteiger partial charge in [0.1, 0.15) is 5.75 Å². The summed E-state index contributed by atoms with van der Waals surface area (Å²) in [5.41, 5.74) is 4.08. The second-order valence-electron chi connectivity index (χ2n) is 5.83. The van der Waals surface area contributed by atoms with Crippen molar-refractivity contribution in [3.8, 4) is 5.75 Å². The van der Waals surface area contributed by atoms with Gasteiger partial charge in [0.05, 0.1) is 24.4 Å². The normalized spacial score (nSPS) is 10.3. The molecule has 0 aliphatic rings. The SMILES string of the molecule is Cc1ccc(OCCC(=O)Nc2ccccc2N(C)C)c(C)c1. The van der Waals surface area contributed by atoms with Crippen LogP contribution in [0, 0.1) is 13.8 Å². The smallest absolute Gasteiger partial charge is 0.227 e. The Kier molecular flexibility index (Phi) is 5.63. The van der Waals surface area contributed by atoms with E-state index < -0.39 is 0 Å². The Morgan fingerprint density at radius 2 is 1.87 bits per heavy atom. The van der Waals surface area contributed by atoms with E-state index in [-0.39, 0.29) is 5.91 Å². The first kappa shape index (κ1) is 16.9. The molecule has 0 aliphatic carbocycles. The predicted octanol–water partition coefficient (Wildman–Crippen LogP) is 3.78. The van der Waals surface area contributed by atoms with Crippen molar-refractivity contribution in [2.75, 3.05) is 30.9 Å². The summed E-state index contributed by atoms with van der Waals surface area (Å²) >= 11 is 0. The highest BCUT2D eigenvalue weighted by Crippen LogP contribution is 2.23. The number of ether oxygens (including phenoxy) is 1. The van der Waals surface area contributed by atoms with Gasteiger partial charge in [0.25, 0.3) is 0 Å². The minimum absolute atomic E-state index is 0.0518. The van der Waals surface area contributed by atoms with Crippen LogP contribution >= 0.6 is 0 Å². The van der Waals surface area contributed by atoms with Gasteiger partial charge in [-0.15, -0.1) is 0 Å². The maximum Gasteiger partial charge on any atom is 0.227 e. The molecule has 2 aromatic carbocycles. The van der Waals surface area contributed by atoms with Gasteiger partial charge in [0, 0.05) is 14.1 Å². The number of nitrogens with one attached hydrogen (secondary N) is 1. The number of hydrogen-bond donors (Lipinski definition) is 1. The van der Waals surface area contributed by atoms with Crippen LogP contribution in [0.5, 0.6) is 5.75 Å². The molecule has 0 aromatic heterocycles. The van der Waals surface area contributed by atoms with E-state index in [1.807, 2.05) is 69.2 Å². The van der Waals surface area contributed by atoms with E-state index in [4.69, 9.17) is 4.74 Å². The van der Waals surface area contributed by atoms with Crippen LogP contribution in [0.25, 0.3) is 0 Å². The van der Waals surface area contributed by atoms with E-state index >= 15 is 0 Å². The lowest BCUT2D eigenvalue weighted by Gasteiger charge is -2.17. The van der Waals surface area contributed by atoms with E-state index in [1.54, 1.807) is 0 Å². The summed E-state index contributed by atoms with van der Waals surface area (Å²) in [4.78, 5) is 14.1. The number of rotatable bonds is 6. The monoisotopic (exact) mass is 312 g/mol. The van der Waals surface area contributed by atoms with Gasteiger partial charge in [-0.1, -0.05) is 29.8 Å². The van der Waals surface area contributed by atoms with Gasteiger partial charge in [-0.3, -0.25) is 4.79 Å². The molecule has 0 unspecified atom stereocenters. The Hall–Kier alpha value is -2.49. The van der Waals surface area contributed by atoms with E-state index in [0.29, 0.717) is 13.0 Å². The van der Waals surface area contributed by atoms with Crippen LogP contribution in [0.4, 0.5) is 11.4 Å². The van der Waals surface area contributed by atoms with Crippen LogP contribution in [0.2, 0.25) is 0 Å². The third kappa shape index (κ3) is 4.74. The van der Waals surface area contributed by atoms with Gasteiger partial charge in [0.2, 0.25) is 5.91 Å². The second-order valence-corrected chi connectivity index (χ2v) is 5.83. The molecule has 0 saturated heterocycles. The molecule has 1 amide bonds. The zero-order valence-corrected chi connectivity index (χ0v) is 14.2. The molecule has 122 valence electrons. The molecule has 2 rings (SSSR count). The van der Waals surface area contributed by atoms with E-state index in [1.165, 1.54) is 5.56 Å². The van der Waals surface area contributed by atoms with Gasteiger partial charge in [0.15, 0.2) is 0 Å². The first-order valence-corrected chi connectivity index (χ1v) is 7.73. The average molecular weight is 312 g/mol. The number of hydrogen-bond acceptors (Lipinski definition) is 3. The molecule has 4 nitrogen and oxygen atoms in total. The maximum absolute atomic E-state index is 12.1. The van der Waals surface area contributed by atoms with Gasteiger partial charge in [-0.2, -0.15) is 0 Å². The van der Waals surface area contributed by atoms with Crippen molar-refractivity contribution in [2.45, 2.75) is 20.3 Å². The third-order valence-electron chi connectivity index (χ3n) is 3.58. The third-order valence-corrected chi connectivity index (χ3v) is 3.58. The molecule has 0 heterocycles. The predicted molar refractivity (Wildman–Crippen MR) is 95.4 cm³/mol. The standard InChI is InChI=1S/C19H24N2O2/c1-14-9-10-18(15(2)13-14)23-12-11-19(22)20-16-7-5-6-8-17(16)21(3)4/h5-10,13H,11-12H2,1-4H3,(H,20,22). The van der Waals surface area contributed by atoms with Gasteiger partial charge < -0.3 is 15.0 Å². The molecule has 0 radical (unpaired) electrons. The molecular weight excluding hydrogens is 288 g/mol. The van der Waals surface area contributed by atoms with E-state index in [2.05, 4.69) is 11.4 Å². The zero-order valence-electron chi connectivity index (χ0n) is 14.2. The molecule has 4 heteroatoms. The molecule has 2 aromatic rings. The lowest BCUT2D eigenvalue weighted by Crippen LogP contribution is -2.18. The van der Waals surface area contributed by atoms with Crippen molar-refractivity contribution in [2.24, 2.45) is 0 Å². The Morgan fingerprint density at radius 1 is 1.13 bits per heavy atom. The highest BCUT2D eigenvalue weighted by atomic mass is 16.5. The van der Waals surface area contributed by atoms with Gasteiger partial charge in [-0.05, 0) is 37.6 Å². The molecule has 0 bridgehead atoms. The molecular formula is C19H24N2O2. The highest BCUT2D eigenvalue weighted by Gasteiger charge is 2.08. The molecule has 0 atom stereocenters. The molecule has 0 fully saturated rings. The van der Waals surface area contributed by atoms with E-state index in [0.717, 1.165) is 22.7 Å². The first-order chi connectivity index (χ1) is 11.0. The number of benzene rings is 2. The molecule has 1 N–H and O–H groups in total. The summed E-state index contributed by atoms with van der Waals surface area (Å²) < 4.78 is 5.71. The quantitative estimate of drug-likeness (QED) is 0.882. The van der Waals surface area contributed by atoms with Crippen molar-refractivity contribution in [3.05, 3.63) is 53.6 Å². The summed E-state index contributed by atoms with van der Waals surface area (Å²) in [6, 6.07) is 13.8. The second kappa shape index (κ2) is 7.68. The van der Waals surface area contributed by atoms with Crippen LogP contribution in [-0.4, -0.2) is 26.6 Å². The van der Waals surface area contributed by atoms with Crippen molar-refractivity contribution in [1.29, 1.82) is 0 Å². The van der Waals surface area contributed by atoms with Crippen LogP contribution in [-0.2, 0) is 4.79 Å². The largest absolute Gasteiger partial charge is 0.493 e. The van der Waals surface area contributed by atoms with Gasteiger partial charge >= 0.3 is 0 Å². The Labute approximate surface area is 138 Å². The Morgan fingerprint density at radius 3 is 2.57 bits per heavy atom. The topological polar surface area (TPSA) is 41.6 Å². The van der Waals surface area contributed by atoms with Crippen LogP contribution in [0.3, 0.4) is 0 Å². The number of aryl methyl sites for hydroxylation is 2. The first-order valence-electron chi connectivity index (χ1n) is 7.73. The van der Waals surface area contributed by atoms with Crippen LogP contribution in [0.1, 0.15) is 17.5 Å². The molecule has 0 aliphatic heterocycles. The lowest BCUT2D eigenvalue weighted by atomic mass is 10.1. The average Bonchev–Trinajstić information content (AvgIpc) is 2.50. The Bertz CT molecular complexity index is 681. The number of carbonyl (C=O) groups is 1.